The number of aromatic nitrogens is 2. The largest absolute Gasteiger partial charge is 0.353 e. The van der Waals surface area contributed by atoms with Crippen molar-refractivity contribution in [2.45, 2.75) is 56.1 Å². The molecule has 146 valence electrons. The molecule has 0 aliphatic heterocycles. The minimum absolute atomic E-state index is 0.113. The predicted octanol–water partition coefficient (Wildman–Crippen LogP) is 5.35. The Kier molecular flexibility index (Phi) is 6.32. The summed E-state index contributed by atoms with van der Waals surface area (Å²) in [6, 6.07) is 18.7. The van der Waals surface area contributed by atoms with Gasteiger partial charge < -0.3 is 5.32 Å². The van der Waals surface area contributed by atoms with Gasteiger partial charge >= 0.3 is 0 Å². The van der Waals surface area contributed by atoms with Gasteiger partial charge in [-0.2, -0.15) is 0 Å². The number of nitrogens with one attached hydrogen (secondary N) is 1. The van der Waals surface area contributed by atoms with Crippen LogP contribution in [0.25, 0.3) is 16.7 Å². The number of benzene rings is 2. The van der Waals surface area contributed by atoms with Crippen LogP contribution >= 0.6 is 11.8 Å². The molecule has 0 radical (unpaired) electrons. The molecule has 1 amide bonds. The SMILES string of the molecule is O=C(CSc1nc2ccccc2n1-c1ccccc1)NC1CCCCCCC1. The van der Waals surface area contributed by atoms with E-state index in [2.05, 4.69) is 28.1 Å². The highest BCUT2D eigenvalue weighted by Crippen LogP contribution is 2.28. The number of carbonyl (C=O) groups excluding carboxylic acids is 1. The maximum Gasteiger partial charge on any atom is 0.230 e. The van der Waals surface area contributed by atoms with Gasteiger partial charge in [-0.3, -0.25) is 9.36 Å². The fraction of sp³-hybridized carbons (Fsp3) is 0.391. The lowest BCUT2D eigenvalue weighted by molar-refractivity contribution is -0.119. The van der Waals surface area contributed by atoms with Gasteiger partial charge in [0.15, 0.2) is 5.16 Å². The summed E-state index contributed by atoms with van der Waals surface area (Å²) in [5.74, 6) is 0.509. The molecular formula is C23H27N3OS. The van der Waals surface area contributed by atoms with Crippen molar-refractivity contribution in [3.8, 4) is 5.69 Å². The monoisotopic (exact) mass is 393 g/mol. The minimum atomic E-state index is 0.113. The van der Waals surface area contributed by atoms with E-state index in [1.54, 1.807) is 0 Å². The minimum Gasteiger partial charge on any atom is -0.353 e. The van der Waals surface area contributed by atoms with Crippen LogP contribution in [0.15, 0.2) is 59.8 Å². The molecule has 1 aliphatic carbocycles. The molecule has 1 saturated carbocycles. The van der Waals surface area contributed by atoms with Crippen molar-refractivity contribution >= 4 is 28.7 Å². The average molecular weight is 394 g/mol. The van der Waals surface area contributed by atoms with E-state index in [0.717, 1.165) is 34.7 Å². The molecular weight excluding hydrogens is 366 g/mol. The molecule has 4 nitrogen and oxygen atoms in total. The first-order valence-electron chi connectivity index (χ1n) is 10.3. The van der Waals surface area contributed by atoms with Crippen LogP contribution in [-0.4, -0.2) is 27.3 Å². The van der Waals surface area contributed by atoms with E-state index in [1.807, 2.05) is 36.4 Å². The highest BCUT2D eigenvalue weighted by molar-refractivity contribution is 7.99. The van der Waals surface area contributed by atoms with Crippen LogP contribution in [0, 0.1) is 0 Å². The van der Waals surface area contributed by atoms with E-state index in [0.29, 0.717) is 11.8 Å². The molecule has 0 saturated heterocycles. The molecule has 1 aliphatic rings. The summed E-state index contributed by atoms with van der Waals surface area (Å²) in [5.41, 5.74) is 3.09. The lowest BCUT2D eigenvalue weighted by atomic mass is 9.97. The number of thioether (sulfide) groups is 1. The van der Waals surface area contributed by atoms with Crippen molar-refractivity contribution < 1.29 is 4.79 Å². The van der Waals surface area contributed by atoms with Gasteiger partial charge in [0.2, 0.25) is 5.91 Å². The third-order valence-electron chi connectivity index (χ3n) is 5.35. The second kappa shape index (κ2) is 9.28. The number of para-hydroxylation sites is 3. The molecule has 3 aromatic rings. The van der Waals surface area contributed by atoms with Gasteiger partial charge in [0.25, 0.3) is 0 Å². The second-order valence-corrected chi connectivity index (χ2v) is 8.39. The fourth-order valence-corrected chi connectivity index (χ4v) is 4.77. The lowest BCUT2D eigenvalue weighted by Gasteiger charge is -2.21. The van der Waals surface area contributed by atoms with E-state index in [1.165, 1.54) is 43.9 Å². The summed E-state index contributed by atoms with van der Waals surface area (Å²) in [4.78, 5) is 17.4. The Balaban J connectivity index is 1.48. The quantitative estimate of drug-likeness (QED) is 0.595. The molecule has 4 rings (SSSR count). The Hall–Kier alpha value is -2.27. The van der Waals surface area contributed by atoms with Crippen molar-refractivity contribution in [1.29, 1.82) is 0 Å². The van der Waals surface area contributed by atoms with E-state index < -0.39 is 0 Å². The maximum atomic E-state index is 12.6. The number of hydrogen-bond acceptors (Lipinski definition) is 3. The molecule has 0 spiro atoms. The third-order valence-corrected chi connectivity index (χ3v) is 6.29. The number of carbonyl (C=O) groups is 1. The fourth-order valence-electron chi connectivity index (χ4n) is 3.93. The van der Waals surface area contributed by atoms with E-state index in [4.69, 9.17) is 4.98 Å². The van der Waals surface area contributed by atoms with Gasteiger partial charge in [0.05, 0.1) is 16.8 Å². The topological polar surface area (TPSA) is 46.9 Å². The highest BCUT2D eigenvalue weighted by atomic mass is 32.2. The zero-order valence-electron chi connectivity index (χ0n) is 16.1. The standard InChI is InChI=1S/C23H27N3OS/c27-22(24-18-11-5-2-1-3-6-12-18)17-28-23-25-20-15-9-10-16-21(20)26(23)19-13-7-4-8-14-19/h4,7-10,13-16,18H,1-3,5-6,11-12,17H2,(H,24,27). The first kappa shape index (κ1) is 19.1. The zero-order chi connectivity index (χ0) is 19.2. The maximum absolute atomic E-state index is 12.6. The molecule has 1 fully saturated rings. The van der Waals surface area contributed by atoms with Crippen LogP contribution in [-0.2, 0) is 4.79 Å². The van der Waals surface area contributed by atoms with E-state index in [-0.39, 0.29) is 5.91 Å². The summed E-state index contributed by atoms with van der Waals surface area (Å²) in [6.45, 7) is 0. The number of imidazole rings is 1. The Morgan fingerprint density at radius 1 is 0.964 bits per heavy atom. The van der Waals surface area contributed by atoms with Gasteiger partial charge in [-0.25, -0.2) is 4.98 Å². The molecule has 1 aromatic heterocycles. The van der Waals surface area contributed by atoms with Crippen LogP contribution in [0.1, 0.15) is 44.9 Å². The van der Waals surface area contributed by atoms with Crippen molar-refractivity contribution in [1.82, 2.24) is 14.9 Å². The predicted molar refractivity (Wildman–Crippen MR) is 116 cm³/mol. The summed E-state index contributed by atoms with van der Waals surface area (Å²) in [6.07, 6.45) is 8.60. The molecule has 0 atom stereocenters. The van der Waals surface area contributed by atoms with Crippen molar-refractivity contribution in [2.75, 3.05) is 5.75 Å². The number of fused-ring (bicyclic) bond motifs is 1. The molecule has 2 aromatic carbocycles. The van der Waals surface area contributed by atoms with Crippen LogP contribution in [0.2, 0.25) is 0 Å². The Morgan fingerprint density at radius 2 is 1.64 bits per heavy atom. The average Bonchev–Trinajstić information content (AvgIpc) is 3.07. The third kappa shape index (κ3) is 4.58. The first-order chi connectivity index (χ1) is 13.8. The van der Waals surface area contributed by atoms with Crippen LogP contribution in [0.4, 0.5) is 0 Å². The van der Waals surface area contributed by atoms with Crippen LogP contribution < -0.4 is 5.32 Å². The Labute approximate surface area is 170 Å². The van der Waals surface area contributed by atoms with E-state index >= 15 is 0 Å². The van der Waals surface area contributed by atoms with Crippen molar-refractivity contribution in [3.05, 3.63) is 54.6 Å². The summed E-state index contributed by atoms with van der Waals surface area (Å²) in [7, 11) is 0. The molecule has 0 unspecified atom stereocenters. The number of nitrogens with zero attached hydrogens (tertiary/aromatic N) is 2. The van der Waals surface area contributed by atoms with E-state index in [9.17, 15) is 4.79 Å². The zero-order valence-corrected chi connectivity index (χ0v) is 17.0. The van der Waals surface area contributed by atoms with Crippen LogP contribution in [0.3, 0.4) is 0 Å². The molecule has 1 N–H and O–H groups in total. The lowest BCUT2D eigenvalue weighted by Crippen LogP contribution is -2.36. The molecule has 28 heavy (non-hydrogen) atoms. The van der Waals surface area contributed by atoms with Gasteiger partial charge in [0.1, 0.15) is 0 Å². The first-order valence-corrected chi connectivity index (χ1v) is 11.2. The summed E-state index contributed by atoms with van der Waals surface area (Å²) in [5, 5.41) is 4.11. The Morgan fingerprint density at radius 3 is 2.43 bits per heavy atom. The highest BCUT2D eigenvalue weighted by Gasteiger charge is 2.17. The van der Waals surface area contributed by atoms with Gasteiger partial charge in [-0.15, -0.1) is 0 Å². The Bertz CT molecular complexity index is 914. The van der Waals surface area contributed by atoms with Gasteiger partial charge in [-0.1, -0.05) is 74.2 Å². The summed E-state index contributed by atoms with van der Waals surface area (Å²) < 4.78 is 2.14. The number of rotatable bonds is 5. The number of amides is 1. The molecule has 1 heterocycles. The summed E-state index contributed by atoms with van der Waals surface area (Å²) >= 11 is 1.51. The molecule has 0 bridgehead atoms. The van der Waals surface area contributed by atoms with Crippen molar-refractivity contribution in [3.63, 3.8) is 0 Å². The second-order valence-electron chi connectivity index (χ2n) is 7.45. The normalized spacial score (nSPS) is 15.9. The van der Waals surface area contributed by atoms with Crippen LogP contribution in [0.5, 0.6) is 0 Å². The van der Waals surface area contributed by atoms with Gasteiger partial charge in [0, 0.05) is 11.7 Å². The molecule has 5 heteroatoms. The number of hydrogen-bond donors (Lipinski definition) is 1. The van der Waals surface area contributed by atoms with Gasteiger partial charge in [-0.05, 0) is 37.1 Å². The van der Waals surface area contributed by atoms with Crippen molar-refractivity contribution in [2.24, 2.45) is 0 Å². The smallest absolute Gasteiger partial charge is 0.230 e.